The van der Waals surface area contributed by atoms with Crippen molar-refractivity contribution < 1.29 is 28.6 Å². The summed E-state index contributed by atoms with van der Waals surface area (Å²) in [6, 6.07) is 11.0. The minimum Gasteiger partial charge on any atom is -0.484 e. The first-order chi connectivity index (χ1) is 18.4. The van der Waals surface area contributed by atoms with Gasteiger partial charge in [0.25, 0.3) is 11.7 Å². The number of hydrogen-bond acceptors (Lipinski definition) is 8. The number of fused-ring (bicyclic) bond motifs is 2. The molecule has 0 aliphatic carbocycles. The first kappa shape index (κ1) is 26.3. The summed E-state index contributed by atoms with van der Waals surface area (Å²) in [7, 11) is 0. The number of halogens is 1. The van der Waals surface area contributed by atoms with Crippen molar-refractivity contribution in [2.45, 2.75) is 50.9 Å². The molecule has 10 heteroatoms. The number of benzene rings is 2. The van der Waals surface area contributed by atoms with E-state index in [1.54, 1.807) is 12.1 Å². The summed E-state index contributed by atoms with van der Waals surface area (Å²) in [5, 5.41) is 7.16. The number of nitrogens with one attached hydrogen (secondary N) is 2. The van der Waals surface area contributed by atoms with Crippen LogP contribution in [0.4, 0.5) is 5.69 Å². The fourth-order valence-electron chi connectivity index (χ4n) is 5.14. The van der Waals surface area contributed by atoms with Crippen LogP contribution in [0.2, 0.25) is 5.02 Å². The summed E-state index contributed by atoms with van der Waals surface area (Å²) in [5.41, 5.74) is 3.14. The fraction of sp³-hybridized carbons (Fsp3) is 0.464. The van der Waals surface area contributed by atoms with Gasteiger partial charge in [0.1, 0.15) is 5.75 Å². The zero-order chi connectivity index (χ0) is 26.5. The van der Waals surface area contributed by atoms with E-state index in [0.717, 1.165) is 37.1 Å². The molecular formula is C28H32ClN3O6. The van der Waals surface area contributed by atoms with E-state index in [2.05, 4.69) is 10.6 Å². The number of ether oxygens (including phenoxy) is 3. The number of carbonyl (C=O) groups is 3. The highest BCUT2D eigenvalue weighted by Gasteiger charge is 2.46. The summed E-state index contributed by atoms with van der Waals surface area (Å²) in [4.78, 5) is 38.9. The highest BCUT2D eigenvalue weighted by molar-refractivity contribution is 6.33. The molecule has 9 nitrogen and oxygen atoms in total. The molecule has 3 aliphatic heterocycles. The second-order valence-corrected chi connectivity index (χ2v) is 10.2. The van der Waals surface area contributed by atoms with Crippen molar-refractivity contribution in [1.82, 2.24) is 10.2 Å². The molecule has 2 N–H and O–H groups in total. The number of hydrogen-bond donors (Lipinski definition) is 2. The molecule has 3 heterocycles. The summed E-state index contributed by atoms with van der Waals surface area (Å²) < 4.78 is 17.1. The quantitative estimate of drug-likeness (QED) is 0.535. The third-order valence-electron chi connectivity index (χ3n) is 7.14. The lowest BCUT2D eigenvalue weighted by Gasteiger charge is -2.32. The Hall–Kier alpha value is -3.30. The molecule has 3 aliphatic rings. The van der Waals surface area contributed by atoms with E-state index in [4.69, 9.17) is 25.8 Å². The standard InChI is InChI=1S/C28H32ClN3O6/c29-23-9-8-22-21(12-13-30-18-28(22)37-25(34)10-11-26(35)38-28)27(23)31-16-19-4-6-20(7-5-19)36-17-24(33)32-14-2-1-3-15-32/h4-9,30-31H,1-3,10-18H2. The van der Waals surface area contributed by atoms with Crippen LogP contribution in [0.5, 0.6) is 5.75 Å². The number of rotatable bonds is 6. The van der Waals surface area contributed by atoms with Crippen LogP contribution in [0.1, 0.15) is 48.8 Å². The number of esters is 2. The minimum atomic E-state index is -1.53. The number of amides is 1. The van der Waals surface area contributed by atoms with Crippen LogP contribution >= 0.6 is 11.6 Å². The fourth-order valence-corrected chi connectivity index (χ4v) is 5.38. The highest BCUT2D eigenvalue weighted by Crippen LogP contribution is 2.40. The van der Waals surface area contributed by atoms with Gasteiger partial charge in [-0.1, -0.05) is 23.7 Å². The predicted molar refractivity (Wildman–Crippen MR) is 141 cm³/mol. The van der Waals surface area contributed by atoms with Crippen molar-refractivity contribution in [3.63, 3.8) is 0 Å². The maximum Gasteiger partial charge on any atom is 0.309 e. The van der Waals surface area contributed by atoms with Gasteiger partial charge in [0.05, 0.1) is 30.1 Å². The molecule has 2 aromatic rings. The third kappa shape index (κ3) is 5.89. The monoisotopic (exact) mass is 541 g/mol. The van der Waals surface area contributed by atoms with Gasteiger partial charge in [0.2, 0.25) is 0 Å². The lowest BCUT2D eigenvalue weighted by atomic mass is 9.96. The maximum atomic E-state index is 12.4. The van der Waals surface area contributed by atoms with E-state index < -0.39 is 17.7 Å². The summed E-state index contributed by atoms with van der Waals surface area (Å²) in [5.74, 6) is -1.82. The summed E-state index contributed by atoms with van der Waals surface area (Å²) >= 11 is 6.60. The van der Waals surface area contributed by atoms with Crippen LogP contribution in [-0.2, 0) is 42.6 Å². The van der Waals surface area contributed by atoms with Gasteiger partial charge in [-0.25, -0.2) is 0 Å². The van der Waals surface area contributed by atoms with Crippen molar-refractivity contribution >= 4 is 35.1 Å². The lowest BCUT2D eigenvalue weighted by Crippen LogP contribution is -2.43. The van der Waals surface area contributed by atoms with E-state index in [1.165, 1.54) is 6.42 Å². The van der Waals surface area contributed by atoms with Crippen molar-refractivity contribution in [1.29, 1.82) is 0 Å². The number of likely N-dealkylation sites (tertiary alicyclic amines) is 1. The number of carbonyl (C=O) groups excluding carboxylic acids is 3. The summed E-state index contributed by atoms with van der Waals surface area (Å²) in [6.07, 6.45) is 3.86. The average Bonchev–Trinajstić information content (AvgIpc) is 3.19. The topological polar surface area (TPSA) is 106 Å². The summed E-state index contributed by atoms with van der Waals surface area (Å²) in [6.45, 7) is 2.89. The van der Waals surface area contributed by atoms with Crippen molar-refractivity contribution in [2.75, 3.05) is 38.1 Å². The molecule has 1 amide bonds. The van der Waals surface area contributed by atoms with Gasteiger partial charge in [0.15, 0.2) is 6.61 Å². The molecule has 0 radical (unpaired) electrons. The highest BCUT2D eigenvalue weighted by atomic mass is 35.5. The average molecular weight is 542 g/mol. The molecule has 2 aromatic carbocycles. The lowest BCUT2D eigenvalue weighted by molar-refractivity contribution is -0.225. The zero-order valence-corrected chi connectivity index (χ0v) is 22.0. The van der Waals surface area contributed by atoms with E-state index in [1.807, 2.05) is 29.2 Å². The molecule has 0 atom stereocenters. The molecule has 0 aromatic heterocycles. The van der Waals surface area contributed by atoms with E-state index in [-0.39, 0.29) is 31.9 Å². The Balaban J connectivity index is 1.28. The minimum absolute atomic E-state index is 0.0132. The Morgan fingerprint density at radius 1 is 1.00 bits per heavy atom. The molecular weight excluding hydrogens is 510 g/mol. The second-order valence-electron chi connectivity index (χ2n) is 9.80. The Kier molecular flexibility index (Phi) is 8.04. The molecule has 1 spiro atoms. The Morgan fingerprint density at radius 2 is 1.71 bits per heavy atom. The van der Waals surface area contributed by atoms with Crippen molar-refractivity contribution in [3.05, 3.63) is 58.1 Å². The van der Waals surface area contributed by atoms with Gasteiger partial charge in [-0.15, -0.1) is 0 Å². The second kappa shape index (κ2) is 11.6. The van der Waals surface area contributed by atoms with Crippen LogP contribution in [0.3, 0.4) is 0 Å². The maximum absolute atomic E-state index is 12.4. The Morgan fingerprint density at radius 3 is 2.42 bits per heavy atom. The van der Waals surface area contributed by atoms with Gasteiger partial charge < -0.3 is 29.7 Å². The molecule has 2 saturated heterocycles. The molecule has 38 heavy (non-hydrogen) atoms. The Labute approximate surface area is 226 Å². The first-order valence-electron chi connectivity index (χ1n) is 13.1. The van der Waals surface area contributed by atoms with Crippen LogP contribution in [0.25, 0.3) is 0 Å². The van der Waals surface area contributed by atoms with Crippen LogP contribution in [0.15, 0.2) is 36.4 Å². The first-order valence-corrected chi connectivity index (χ1v) is 13.5. The smallest absolute Gasteiger partial charge is 0.309 e. The van der Waals surface area contributed by atoms with Crippen LogP contribution in [0, 0.1) is 0 Å². The molecule has 202 valence electrons. The molecule has 5 rings (SSSR count). The van der Waals surface area contributed by atoms with Gasteiger partial charge in [-0.2, -0.15) is 0 Å². The third-order valence-corrected chi connectivity index (χ3v) is 7.45. The molecule has 0 unspecified atom stereocenters. The number of anilines is 1. The molecule has 2 fully saturated rings. The van der Waals surface area contributed by atoms with E-state index in [9.17, 15) is 14.4 Å². The number of nitrogens with zero attached hydrogens (tertiary/aromatic N) is 1. The normalized spacial score (nSPS) is 19.0. The van der Waals surface area contributed by atoms with Crippen molar-refractivity contribution in [3.8, 4) is 5.75 Å². The van der Waals surface area contributed by atoms with Crippen LogP contribution in [-0.4, -0.2) is 55.5 Å². The van der Waals surface area contributed by atoms with Gasteiger partial charge in [-0.05, 0) is 67.6 Å². The predicted octanol–water partition coefficient (Wildman–Crippen LogP) is 3.52. The molecule has 0 bridgehead atoms. The Bertz CT molecular complexity index is 1180. The van der Waals surface area contributed by atoms with Gasteiger partial charge in [-0.3, -0.25) is 14.4 Å². The number of piperidine rings is 1. The van der Waals surface area contributed by atoms with Gasteiger partial charge >= 0.3 is 11.9 Å². The van der Waals surface area contributed by atoms with Crippen LogP contribution < -0.4 is 15.4 Å². The SMILES string of the molecule is O=C1CCC(=O)OC2(CNCCc3c2ccc(Cl)c3NCc2ccc(OCC(=O)N3CCCCC3)cc2)O1. The van der Waals surface area contributed by atoms with Crippen molar-refractivity contribution in [2.24, 2.45) is 0 Å². The van der Waals surface area contributed by atoms with E-state index in [0.29, 0.717) is 41.5 Å². The zero-order valence-electron chi connectivity index (χ0n) is 21.2. The van der Waals surface area contributed by atoms with E-state index >= 15 is 0 Å². The largest absolute Gasteiger partial charge is 0.484 e. The van der Waals surface area contributed by atoms with Gasteiger partial charge in [0, 0.05) is 25.2 Å². The molecule has 0 saturated carbocycles.